The monoisotopic (exact) mass is 1250 g/mol. The average Bonchev–Trinajstić information content (AvgIpc) is 4.14. The second-order valence-corrected chi connectivity index (χ2v) is 22.7. The van der Waals surface area contributed by atoms with Gasteiger partial charge in [0, 0.05) is 19.6 Å². The molecule has 0 radical (unpaired) electrons. The first kappa shape index (κ1) is 75.8. The lowest BCUT2D eigenvalue weighted by molar-refractivity contribution is -0.146. The minimum Gasteiger partial charge on any atom is -0.481 e. The van der Waals surface area contributed by atoms with Crippen LogP contribution in [0.25, 0.3) is 0 Å². The van der Waals surface area contributed by atoms with E-state index in [4.69, 9.17) is 0 Å². The summed E-state index contributed by atoms with van der Waals surface area (Å²) in [6.45, 7) is 4.84. The van der Waals surface area contributed by atoms with Crippen molar-refractivity contribution >= 4 is 88.8 Å². The Morgan fingerprint density at radius 3 is 1.58 bits per heavy atom. The Balaban J connectivity index is 0.0000264. The number of hydrogen-bond donors (Lipinski definition) is 14. The predicted octanol–water partition coefficient (Wildman–Crippen LogP) is -2.43. The van der Waals surface area contributed by atoms with E-state index in [9.17, 15) is 92.3 Å². The van der Waals surface area contributed by atoms with Gasteiger partial charge in [0.2, 0.25) is 70.9 Å². The van der Waals surface area contributed by atoms with Gasteiger partial charge in [0.25, 0.3) is 0 Å². The highest BCUT2D eigenvalue weighted by Crippen LogP contribution is 2.22. The summed E-state index contributed by atoms with van der Waals surface area (Å²) in [5.74, 6) is -17.3. The lowest BCUT2D eigenvalue weighted by Crippen LogP contribution is -2.63. The molecule has 31 nitrogen and oxygen atoms in total. The van der Waals surface area contributed by atoms with Crippen LogP contribution in [-0.2, 0) is 71.9 Å². The van der Waals surface area contributed by atoms with Crippen molar-refractivity contribution in [2.45, 2.75) is 206 Å². The zero-order chi connectivity index (χ0) is 64.9. The van der Waals surface area contributed by atoms with Crippen molar-refractivity contribution in [3.05, 3.63) is 12.2 Å². The van der Waals surface area contributed by atoms with Crippen molar-refractivity contribution in [1.29, 1.82) is 0 Å². The SMILES string of the molecule is C.CC(C)CCCCCCCCC/C=C/C(=O)NC(CC(=O)O)C(=O)NC1CNC(=O)C2CCCN2C(=O)C(C(C)C)NC(=O)C(C(C)O)NC(=O)CNC(=O)C(CC(=O)O)NC(=O)CNC(=O)C(CC(=O)O)NC(=O)CNC(=O)C2CCCCN2C1=O. The van der Waals surface area contributed by atoms with E-state index in [-0.39, 0.29) is 39.8 Å². The van der Waals surface area contributed by atoms with Crippen LogP contribution in [0.3, 0.4) is 0 Å². The number of carbonyl (C=O) groups excluding carboxylic acids is 12. The van der Waals surface area contributed by atoms with Crippen LogP contribution in [0.1, 0.15) is 151 Å². The van der Waals surface area contributed by atoms with Gasteiger partial charge < -0.3 is 83.4 Å². The summed E-state index contributed by atoms with van der Waals surface area (Å²) >= 11 is 0. The number of hydrogen-bond acceptors (Lipinski definition) is 16. The number of carboxylic acids is 3. The number of amides is 12. The third kappa shape index (κ3) is 26.8. The van der Waals surface area contributed by atoms with Crippen LogP contribution in [0.15, 0.2) is 12.2 Å². The van der Waals surface area contributed by atoms with Crippen LogP contribution in [0.2, 0.25) is 0 Å². The van der Waals surface area contributed by atoms with E-state index in [0.717, 1.165) is 54.9 Å². The number of aliphatic hydroxyl groups is 1. The van der Waals surface area contributed by atoms with Gasteiger partial charge in [0.15, 0.2) is 0 Å². The van der Waals surface area contributed by atoms with E-state index in [1.165, 1.54) is 19.3 Å². The molecule has 14 N–H and O–H groups in total. The summed E-state index contributed by atoms with van der Waals surface area (Å²) in [4.78, 5) is 202. The van der Waals surface area contributed by atoms with E-state index < -0.39 is 195 Å². The summed E-state index contributed by atoms with van der Waals surface area (Å²) in [5.41, 5.74) is 0. The molecule has 88 heavy (non-hydrogen) atoms. The topological polar surface area (TPSA) is 464 Å². The number of nitrogens with zero attached hydrogens (tertiary/aromatic N) is 2. The second-order valence-electron chi connectivity index (χ2n) is 22.7. The van der Waals surface area contributed by atoms with Crippen molar-refractivity contribution in [2.24, 2.45) is 11.8 Å². The maximum absolute atomic E-state index is 14.8. The summed E-state index contributed by atoms with van der Waals surface area (Å²) in [5, 5.41) is 62.2. The maximum Gasteiger partial charge on any atom is 0.305 e. The first-order chi connectivity index (χ1) is 41.1. The lowest BCUT2D eigenvalue weighted by Gasteiger charge is -2.37. The number of carbonyl (C=O) groups is 15. The summed E-state index contributed by atoms with van der Waals surface area (Å²) in [6, 6.07) is -13.2. The first-order valence-corrected chi connectivity index (χ1v) is 29.6. The zero-order valence-electron chi connectivity index (χ0n) is 50.1. The molecule has 3 aliphatic rings. The number of allylic oxidation sites excluding steroid dienone is 1. The van der Waals surface area contributed by atoms with Crippen LogP contribution in [-0.4, -0.2) is 213 Å². The van der Waals surface area contributed by atoms with Crippen molar-refractivity contribution < 1.29 is 92.3 Å². The predicted molar refractivity (Wildman–Crippen MR) is 313 cm³/mol. The van der Waals surface area contributed by atoms with Gasteiger partial charge in [0.05, 0.1) is 45.0 Å². The van der Waals surface area contributed by atoms with Crippen LogP contribution >= 0.6 is 0 Å². The molecule has 3 rings (SSSR count). The highest BCUT2D eigenvalue weighted by atomic mass is 16.4. The minimum absolute atomic E-state index is 0. The number of unbranched alkanes of at least 4 members (excludes halogenated alkanes) is 7. The van der Waals surface area contributed by atoms with Gasteiger partial charge in [-0.15, -0.1) is 0 Å². The fraction of sp³-hybridized carbons (Fsp3) is 0.702. The third-order valence-electron chi connectivity index (χ3n) is 14.6. The largest absolute Gasteiger partial charge is 0.481 e. The average molecular weight is 1250 g/mol. The van der Waals surface area contributed by atoms with Gasteiger partial charge in [-0.3, -0.25) is 71.9 Å². The molecule has 3 saturated heterocycles. The fourth-order valence-corrected chi connectivity index (χ4v) is 9.95. The van der Waals surface area contributed by atoms with Crippen LogP contribution in [0.5, 0.6) is 0 Å². The Bertz CT molecular complexity index is 2510. The van der Waals surface area contributed by atoms with Crippen LogP contribution in [0.4, 0.5) is 0 Å². The standard InChI is InChI=1S/C56H88N12O19.CH4/c1-31(2)18-13-11-9-7-6-8-10-12-14-21-40(70)61-36(26-46(78)79)51(82)64-37-27-57-52(83)39-20-17-23-68(39)56(87)47(32(3)4)66-54(85)48(33(5)69)65-43(73)30-59-50(81)35(25-45(76)77)62-41(71)28-58-49(80)34(24-44(74)75)63-42(72)29-60-53(84)38-19-15-16-22-67(38)55(37)86;/h14,21,31-39,47-48,69H,6-13,15-20,22-30H2,1-5H3,(H,57,83)(H,58,80)(H,59,81)(H,60,84)(H,61,70)(H,62,71)(H,63,72)(H,64,82)(H,65,73)(H,66,85)(H,74,75)(H,76,77)(H,78,79);1H4/b21-14+;. The molecule has 3 aliphatic heterocycles. The molecule has 31 heteroatoms. The summed E-state index contributed by atoms with van der Waals surface area (Å²) < 4.78 is 0. The molecule has 0 saturated carbocycles. The normalized spacial score (nSPS) is 23.6. The molecule has 3 heterocycles. The molecule has 12 amide bonds. The molecule has 0 spiro atoms. The van der Waals surface area contributed by atoms with Crippen LogP contribution in [0, 0.1) is 11.8 Å². The van der Waals surface area contributed by atoms with E-state index in [1.807, 2.05) is 0 Å². The molecule has 0 aliphatic carbocycles. The molecule has 9 atom stereocenters. The fourth-order valence-electron chi connectivity index (χ4n) is 9.95. The van der Waals surface area contributed by atoms with E-state index in [1.54, 1.807) is 19.9 Å². The molecule has 0 aromatic heterocycles. The molecule has 9 unspecified atom stereocenters. The molecule has 0 aromatic carbocycles. The van der Waals surface area contributed by atoms with Gasteiger partial charge in [-0.1, -0.05) is 86.1 Å². The number of nitrogens with one attached hydrogen (secondary N) is 10. The van der Waals surface area contributed by atoms with E-state index in [2.05, 4.69) is 67.0 Å². The summed E-state index contributed by atoms with van der Waals surface area (Å²) in [6.07, 6.45) is 7.98. The van der Waals surface area contributed by atoms with Gasteiger partial charge in [-0.2, -0.15) is 0 Å². The highest BCUT2D eigenvalue weighted by molar-refractivity contribution is 6.00. The Hall–Kier alpha value is -8.25. The summed E-state index contributed by atoms with van der Waals surface area (Å²) in [7, 11) is 0. The lowest BCUT2D eigenvalue weighted by atomic mass is 9.99. The minimum atomic E-state index is -1.90. The zero-order valence-corrected chi connectivity index (χ0v) is 50.1. The van der Waals surface area contributed by atoms with Gasteiger partial charge in [-0.25, -0.2) is 0 Å². The van der Waals surface area contributed by atoms with Gasteiger partial charge in [-0.05, 0) is 69.8 Å². The van der Waals surface area contributed by atoms with Crippen molar-refractivity contribution in [1.82, 2.24) is 63.0 Å². The number of carboxylic acid groups (broad SMARTS) is 3. The molecular weight excluding hydrogens is 1160 g/mol. The second kappa shape index (κ2) is 38.8. The van der Waals surface area contributed by atoms with E-state index in [0.29, 0.717) is 25.2 Å². The Morgan fingerprint density at radius 1 is 0.568 bits per heavy atom. The van der Waals surface area contributed by atoms with Gasteiger partial charge in [0.1, 0.15) is 48.3 Å². The number of rotatable bonds is 22. The number of fused-ring (bicyclic) bond motifs is 2. The molecule has 494 valence electrons. The van der Waals surface area contributed by atoms with Crippen LogP contribution < -0.4 is 53.2 Å². The quantitative estimate of drug-likeness (QED) is 0.0396. The Morgan fingerprint density at radius 2 is 1.06 bits per heavy atom. The molecular formula is C57H92N12O19. The molecule has 0 aromatic rings. The Labute approximate surface area is 511 Å². The third-order valence-corrected chi connectivity index (χ3v) is 14.6. The first-order valence-electron chi connectivity index (χ1n) is 29.6. The van der Waals surface area contributed by atoms with E-state index >= 15 is 0 Å². The number of aliphatic carboxylic acids is 3. The number of aliphatic hydroxyl groups excluding tert-OH is 1. The van der Waals surface area contributed by atoms with Crippen molar-refractivity contribution in [3.63, 3.8) is 0 Å². The number of piperidine rings is 1. The van der Waals surface area contributed by atoms with Crippen molar-refractivity contribution in [3.8, 4) is 0 Å². The van der Waals surface area contributed by atoms with Crippen molar-refractivity contribution in [2.75, 3.05) is 39.3 Å². The highest BCUT2D eigenvalue weighted by Gasteiger charge is 2.42. The van der Waals surface area contributed by atoms with Gasteiger partial charge >= 0.3 is 17.9 Å². The Kier molecular flexibility index (Phi) is 33.5. The smallest absolute Gasteiger partial charge is 0.305 e. The maximum atomic E-state index is 14.8. The molecule has 3 fully saturated rings. The molecule has 0 bridgehead atoms.